The molecule has 5 heteroatoms. The van der Waals surface area contributed by atoms with E-state index >= 15 is 0 Å². The van der Waals surface area contributed by atoms with Crippen molar-refractivity contribution < 1.29 is 9.53 Å². The molecule has 1 aliphatic heterocycles. The van der Waals surface area contributed by atoms with Gasteiger partial charge in [0.1, 0.15) is 11.4 Å². The van der Waals surface area contributed by atoms with Crippen LogP contribution in [0.4, 0.5) is 4.79 Å². The van der Waals surface area contributed by atoms with Gasteiger partial charge in [0.2, 0.25) is 0 Å². The molecule has 1 atom stereocenters. The SMILES string of the molecule is CC/C=C(C)/C(=N\CC)N1CC[C@@H](NC(=O)OC(C)(C)C)C1. The largest absolute Gasteiger partial charge is 0.444 e. The fourth-order valence-corrected chi connectivity index (χ4v) is 2.57. The van der Waals surface area contributed by atoms with Crippen molar-refractivity contribution in [2.24, 2.45) is 4.99 Å². The molecule has 0 aliphatic carbocycles. The van der Waals surface area contributed by atoms with Gasteiger partial charge in [0, 0.05) is 19.6 Å². The topological polar surface area (TPSA) is 53.9 Å². The van der Waals surface area contributed by atoms with Crippen LogP contribution in [0.1, 0.15) is 54.4 Å². The number of likely N-dealkylation sites (tertiary alicyclic amines) is 1. The molecular formula is C17H31N3O2. The number of hydrogen-bond acceptors (Lipinski definition) is 3. The van der Waals surface area contributed by atoms with Gasteiger partial charge in [-0.2, -0.15) is 0 Å². The number of aliphatic imine (C=N–C) groups is 1. The monoisotopic (exact) mass is 309 g/mol. The first-order valence-corrected chi connectivity index (χ1v) is 8.22. The highest BCUT2D eigenvalue weighted by Crippen LogP contribution is 2.15. The molecule has 0 unspecified atom stereocenters. The van der Waals surface area contributed by atoms with Gasteiger partial charge in [0.05, 0.1) is 6.04 Å². The lowest BCUT2D eigenvalue weighted by Gasteiger charge is -2.23. The molecule has 1 amide bonds. The Morgan fingerprint density at radius 1 is 1.41 bits per heavy atom. The lowest BCUT2D eigenvalue weighted by atomic mass is 10.2. The van der Waals surface area contributed by atoms with E-state index in [0.29, 0.717) is 0 Å². The maximum absolute atomic E-state index is 11.9. The van der Waals surface area contributed by atoms with Crippen LogP contribution in [0.25, 0.3) is 0 Å². The Hall–Kier alpha value is -1.52. The van der Waals surface area contributed by atoms with Crippen LogP contribution < -0.4 is 5.32 Å². The van der Waals surface area contributed by atoms with Gasteiger partial charge in [-0.25, -0.2) is 4.79 Å². The number of ether oxygens (including phenoxy) is 1. The van der Waals surface area contributed by atoms with Crippen LogP contribution in [0, 0.1) is 0 Å². The summed E-state index contributed by atoms with van der Waals surface area (Å²) < 4.78 is 5.32. The van der Waals surface area contributed by atoms with Crippen LogP contribution in [-0.4, -0.2) is 48.1 Å². The van der Waals surface area contributed by atoms with Crippen LogP contribution in [0.5, 0.6) is 0 Å². The number of amidine groups is 1. The summed E-state index contributed by atoms with van der Waals surface area (Å²) in [5.74, 6) is 1.05. The van der Waals surface area contributed by atoms with Crippen LogP contribution in [0.3, 0.4) is 0 Å². The molecule has 0 spiro atoms. The summed E-state index contributed by atoms with van der Waals surface area (Å²) >= 11 is 0. The van der Waals surface area contributed by atoms with Gasteiger partial charge in [-0.1, -0.05) is 13.0 Å². The van der Waals surface area contributed by atoms with Gasteiger partial charge in [0.15, 0.2) is 0 Å². The normalized spacial score (nSPS) is 20.3. The molecule has 0 aromatic rings. The minimum atomic E-state index is -0.461. The van der Waals surface area contributed by atoms with Crippen molar-refractivity contribution in [2.75, 3.05) is 19.6 Å². The fourth-order valence-electron chi connectivity index (χ4n) is 2.57. The lowest BCUT2D eigenvalue weighted by Crippen LogP contribution is -2.41. The van der Waals surface area contributed by atoms with E-state index < -0.39 is 5.60 Å². The zero-order valence-electron chi connectivity index (χ0n) is 14.9. The molecule has 126 valence electrons. The number of carbonyl (C=O) groups is 1. The smallest absolute Gasteiger partial charge is 0.407 e. The maximum atomic E-state index is 11.9. The van der Waals surface area contributed by atoms with Crippen LogP contribution in [0.15, 0.2) is 16.6 Å². The second-order valence-corrected chi connectivity index (χ2v) is 6.67. The molecule has 1 aliphatic rings. The molecule has 5 nitrogen and oxygen atoms in total. The third-order valence-electron chi connectivity index (χ3n) is 3.38. The first-order valence-electron chi connectivity index (χ1n) is 8.22. The Bertz CT molecular complexity index is 436. The number of amides is 1. The van der Waals surface area contributed by atoms with Gasteiger partial charge < -0.3 is 15.0 Å². The molecule has 1 saturated heterocycles. The summed E-state index contributed by atoms with van der Waals surface area (Å²) in [6.45, 7) is 14.4. The molecule has 22 heavy (non-hydrogen) atoms. The summed E-state index contributed by atoms with van der Waals surface area (Å²) in [4.78, 5) is 18.7. The molecule has 0 saturated carbocycles. The van der Waals surface area contributed by atoms with Gasteiger partial charge in [-0.3, -0.25) is 4.99 Å². The predicted octanol–water partition coefficient (Wildman–Crippen LogP) is 3.36. The number of nitrogens with one attached hydrogen (secondary N) is 1. The van der Waals surface area contributed by atoms with Crippen molar-refractivity contribution in [3.05, 3.63) is 11.6 Å². The molecule has 1 heterocycles. The maximum Gasteiger partial charge on any atom is 0.407 e. The third-order valence-corrected chi connectivity index (χ3v) is 3.38. The number of hydrogen-bond donors (Lipinski definition) is 1. The number of rotatable bonds is 4. The molecule has 1 rings (SSSR count). The molecule has 0 radical (unpaired) electrons. The Balaban J connectivity index is 2.62. The van der Waals surface area contributed by atoms with Gasteiger partial charge in [-0.05, 0) is 53.0 Å². The number of allylic oxidation sites excluding steroid dienone is 1. The van der Waals surface area contributed by atoms with E-state index in [4.69, 9.17) is 4.74 Å². The minimum Gasteiger partial charge on any atom is -0.444 e. The second kappa shape index (κ2) is 8.20. The van der Waals surface area contributed by atoms with Gasteiger partial charge >= 0.3 is 6.09 Å². The first-order chi connectivity index (χ1) is 10.3. The van der Waals surface area contributed by atoms with Gasteiger partial charge in [0.25, 0.3) is 0 Å². The van der Waals surface area contributed by atoms with E-state index in [1.54, 1.807) is 0 Å². The van der Waals surface area contributed by atoms with Crippen molar-refractivity contribution in [3.63, 3.8) is 0 Å². The lowest BCUT2D eigenvalue weighted by molar-refractivity contribution is 0.0507. The first kappa shape index (κ1) is 18.5. The Kier molecular flexibility index (Phi) is 6.91. The van der Waals surface area contributed by atoms with Crippen LogP contribution in [-0.2, 0) is 4.74 Å². The molecule has 0 aromatic carbocycles. The summed E-state index contributed by atoms with van der Waals surface area (Å²) in [6, 6.07) is 0.117. The summed E-state index contributed by atoms with van der Waals surface area (Å²) in [5, 5.41) is 2.96. The standard InChI is InChI=1S/C17H31N3O2/c1-7-9-13(3)15(18-8-2)20-11-10-14(12-20)19-16(21)22-17(4,5)6/h9,14H,7-8,10-12H2,1-6H3,(H,19,21)/b13-9+,18-15+/t14-/m1/s1. The van der Waals surface area contributed by atoms with E-state index in [9.17, 15) is 4.79 Å². The number of alkyl carbamates (subject to hydrolysis) is 1. The van der Waals surface area contributed by atoms with Gasteiger partial charge in [-0.15, -0.1) is 0 Å². The van der Waals surface area contributed by atoms with E-state index in [2.05, 4.69) is 35.1 Å². The van der Waals surface area contributed by atoms with E-state index in [1.165, 1.54) is 5.57 Å². The van der Waals surface area contributed by atoms with Crippen molar-refractivity contribution in [1.82, 2.24) is 10.2 Å². The zero-order valence-corrected chi connectivity index (χ0v) is 14.9. The van der Waals surface area contributed by atoms with E-state index in [0.717, 1.165) is 38.3 Å². The Morgan fingerprint density at radius 3 is 2.64 bits per heavy atom. The van der Waals surface area contributed by atoms with Crippen molar-refractivity contribution >= 4 is 11.9 Å². The third kappa shape index (κ3) is 6.08. The molecule has 0 bridgehead atoms. The molecule has 0 aromatic heterocycles. The second-order valence-electron chi connectivity index (χ2n) is 6.67. The highest BCUT2D eigenvalue weighted by atomic mass is 16.6. The van der Waals surface area contributed by atoms with Crippen molar-refractivity contribution in [2.45, 2.75) is 66.0 Å². The predicted molar refractivity (Wildman–Crippen MR) is 91.4 cm³/mol. The number of carbonyl (C=O) groups excluding carboxylic acids is 1. The highest BCUT2D eigenvalue weighted by molar-refractivity contribution is 5.98. The Morgan fingerprint density at radius 2 is 2.09 bits per heavy atom. The van der Waals surface area contributed by atoms with E-state index in [1.807, 2.05) is 27.7 Å². The molecule has 1 fully saturated rings. The van der Waals surface area contributed by atoms with Crippen LogP contribution in [0.2, 0.25) is 0 Å². The summed E-state index contributed by atoms with van der Waals surface area (Å²) in [7, 11) is 0. The van der Waals surface area contributed by atoms with Crippen molar-refractivity contribution in [3.8, 4) is 0 Å². The average Bonchev–Trinajstić information content (AvgIpc) is 2.81. The number of nitrogens with zero attached hydrogens (tertiary/aromatic N) is 2. The minimum absolute atomic E-state index is 0.117. The average molecular weight is 309 g/mol. The molecular weight excluding hydrogens is 278 g/mol. The van der Waals surface area contributed by atoms with E-state index in [-0.39, 0.29) is 12.1 Å². The van der Waals surface area contributed by atoms with Crippen molar-refractivity contribution in [1.29, 1.82) is 0 Å². The quantitative estimate of drug-likeness (QED) is 0.640. The highest BCUT2D eigenvalue weighted by Gasteiger charge is 2.28. The summed E-state index contributed by atoms with van der Waals surface area (Å²) in [5.41, 5.74) is 0.750. The zero-order chi connectivity index (χ0) is 16.8. The summed E-state index contributed by atoms with van der Waals surface area (Å²) in [6.07, 6.45) is 3.78. The Labute approximate surface area is 134 Å². The fraction of sp³-hybridized carbons (Fsp3) is 0.765. The molecule has 1 N–H and O–H groups in total. The van der Waals surface area contributed by atoms with Crippen LogP contribution >= 0.6 is 0 Å².